The van der Waals surface area contributed by atoms with Crippen LogP contribution in [0.4, 0.5) is 0 Å². The summed E-state index contributed by atoms with van der Waals surface area (Å²) < 4.78 is 6.50. The van der Waals surface area contributed by atoms with Gasteiger partial charge in [-0.2, -0.15) is 0 Å². The zero-order valence-electron chi connectivity index (χ0n) is 9.43. The minimum atomic E-state index is 0.755. The summed E-state index contributed by atoms with van der Waals surface area (Å²) in [4.78, 5) is 0. The van der Waals surface area contributed by atoms with Crippen LogP contribution in [0.5, 0.6) is 5.75 Å². The van der Waals surface area contributed by atoms with Gasteiger partial charge in [-0.1, -0.05) is 34.2 Å². The molecule has 1 N–H and O–H groups in total. The lowest BCUT2D eigenvalue weighted by Crippen LogP contribution is -2.15. The predicted molar refractivity (Wildman–Crippen MR) is 77.8 cm³/mol. The molecule has 0 aliphatic carbocycles. The van der Waals surface area contributed by atoms with Crippen LogP contribution in [0.3, 0.4) is 0 Å². The molecule has 0 unspecified atom stereocenters. The third-order valence-electron chi connectivity index (χ3n) is 2.30. The Morgan fingerprint density at radius 3 is 2.88 bits per heavy atom. The maximum absolute atomic E-state index is 5.95. The smallest absolute Gasteiger partial charge is 0.123 e. The number of halogens is 2. The molecule has 16 heavy (non-hydrogen) atoms. The van der Waals surface area contributed by atoms with Crippen molar-refractivity contribution in [3.05, 3.63) is 28.8 Å². The molecule has 0 aliphatic heterocycles. The molecular formula is C12H17ClINO. The molecule has 1 aromatic rings. The lowest BCUT2D eigenvalue weighted by Gasteiger charge is -2.09. The van der Waals surface area contributed by atoms with Crippen LogP contribution >= 0.6 is 34.2 Å². The molecule has 90 valence electrons. The zero-order valence-corrected chi connectivity index (χ0v) is 12.3. The lowest BCUT2D eigenvalue weighted by molar-refractivity contribution is 0.407. The standard InChI is InChI=1S/C12H17ClINO/c1-16-12-5-4-11(13)8-10(12)9-15-7-3-2-6-14/h4-5,8,15H,2-3,6-7,9H2,1H3. The lowest BCUT2D eigenvalue weighted by atomic mass is 10.2. The van der Waals surface area contributed by atoms with Crippen LogP contribution in [0.1, 0.15) is 18.4 Å². The summed E-state index contributed by atoms with van der Waals surface area (Å²) in [6, 6.07) is 5.70. The highest BCUT2D eigenvalue weighted by Crippen LogP contribution is 2.22. The van der Waals surface area contributed by atoms with E-state index in [1.54, 1.807) is 7.11 Å². The van der Waals surface area contributed by atoms with E-state index < -0.39 is 0 Å². The highest BCUT2D eigenvalue weighted by Gasteiger charge is 2.02. The Morgan fingerprint density at radius 1 is 1.38 bits per heavy atom. The second kappa shape index (κ2) is 8.14. The van der Waals surface area contributed by atoms with Crippen LogP contribution in [-0.2, 0) is 6.54 Å². The second-order valence-electron chi connectivity index (χ2n) is 3.53. The Morgan fingerprint density at radius 2 is 2.19 bits per heavy atom. The number of benzene rings is 1. The third kappa shape index (κ3) is 4.89. The number of ether oxygens (including phenoxy) is 1. The number of hydrogen-bond donors (Lipinski definition) is 1. The second-order valence-corrected chi connectivity index (χ2v) is 5.04. The number of rotatable bonds is 7. The third-order valence-corrected chi connectivity index (χ3v) is 3.29. The Labute approximate surface area is 116 Å². The molecule has 1 rings (SSSR count). The van der Waals surface area contributed by atoms with E-state index in [-0.39, 0.29) is 0 Å². The molecule has 1 aromatic carbocycles. The summed E-state index contributed by atoms with van der Waals surface area (Å²) in [6.07, 6.45) is 2.48. The van der Waals surface area contributed by atoms with E-state index in [4.69, 9.17) is 16.3 Å². The summed E-state index contributed by atoms with van der Waals surface area (Å²) >= 11 is 8.35. The summed E-state index contributed by atoms with van der Waals surface area (Å²) in [6.45, 7) is 1.85. The zero-order chi connectivity index (χ0) is 11.8. The molecule has 4 heteroatoms. The summed E-state index contributed by atoms with van der Waals surface area (Å²) in [5.74, 6) is 0.894. The Balaban J connectivity index is 2.42. The molecule has 0 heterocycles. The van der Waals surface area contributed by atoms with Gasteiger partial charge in [-0.05, 0) is 42.0 Å². The van der Waals surface area contributed by atoms with Crippen LogP contribution in [0.2, 0.25) is 5.02 Å². The average molecular weight is 354 g/mol. The fraction of sp³-hybridized carbons (Fsp3) is 0.500. The highest BCUT2D eigenvalue weighted by molar-refractivity contribution is 14.1. The summed E-state index contributed by atoms with van der Waals surface area (Å²) in [5.41, 5.74) is 1.12. The average Bonchev–Trinajstić information content (AvgIpc) is 2.29. The first-order chi connectivity index (χ1) is 7.77. The molecule has 0 fully saturated rings. The number of unbranched alkanes of at least 4 members (excludes halogenated alkanes) is 1. The highest BCUT2D eigenvalue weighted by atomic mass is 127. The van der Waals surface area contributed by atoms with E-state index in [1.165, 1.54) is 17.3 Å². The van der Waals surface area contributed by atoms with Gasteiger partial charge in [-0.3, -0.25) is 0 Å². The SMILES string of the molecule is COc1ccc(Cl)cc1CNCCCCI. The van der Waals surface area contributed by atoms with Crippen molar-refractivity contribution in [3.8, 4) is 5.75 Å². The van der Waals surface area contributed by atoms with Gasteiger partial charge in [0.25, 0.3) is 0 Å². The first-order valence-electron chi connectivity index (χ1n) is 5.37. The number of methoxy groups -OCH3 is 1. The summed E-state index contributed by atoms with van der Waals surface area (Å²) in [5, 5.41) is 4.15. The van der Waals surface area contributed by atoms with Crippen LogP contribution < -0.4 is 10.1 Å². The first-order valence-corrected chi connectivity index (χ1v) is 7.27. The molecule has 0 saturated carbocycles. The fourth-order valence-corrected chi connectivity index (χ4v) is 2.19. The monoisotopic (exact) mass is 353 g/mol. The van der Waals surface area contributed by atoms with E-state index in [0.717, 1.165) is 29.4 Å². The van der Waals surface area contributed by atoms with Crippen molar-refractivity contribution in [2.45, 2.75) is 19.4 Å². The molecule has 0 aliphatic rings. The molecule has 2 nitrogen and oxygen atoms in total. The molecule has 0 atom stereocenters. The van der Waals surface area contributed by atoms with E-state index in [9.17, 15) is 0 Å². The maximum Gasteiger partial charge on any atom is 0.123 e. The van der Waals surface area contributed by atoms with Gasteiger partial charge in [0.15, 0.2) is 0 Å². The quantitative estimate of drug-likeness (QED) is 0.459. The van der Waals surface area contributed by atoms with Gasteiger partial charge in [0.2, 0.25) is 0 Å². The molecular weight excluding hydrogens is 336 g/mol. The van der Waals surface area contributed by atoms with Crippen LogP contribution in [0.15, 0.2) is 18.2 Å². The topological polar surface area (TPSA) is 21.3 Å². The van der Waals surface area contributed by atoms with Gasteiger partial charge in [-0.25, -0.2) is 0 Å². The van der Waals surface area contributed by atoms with Crippen LogP contribution in [-0.4, -0.2) is 18.1 Å². The van der Waals surface area contributed by atoms with Crippen molar-refractivity contribution in [1.82, 2.24) is 5.32 Å². The molecule has 0 aromatic heterocycles. The van der Waals surface area contributed by atoms with Gasteiger partial charge < -0.3 is 10.1 Å². The van der Waals surface area contributed by atoms with Crippen molar-refractivity contribution in [2.75, 3.05) is 18.1 Å². The van der Waals surface area contributed by atoms with E-state index >= 15 is 0 Å². The largest absolute Gasteiger partial charge is 0.496 e. The van der Waals surface area contributed by atoms with Crippen molar-refractivity contribution in [2.24, 2.45) is 0 Å². The Bertz CT molecular complexity index is 320. The molecule has 0 spiro atoms. The van der Waals surface area contributed by atoms with Gasteiger partial charge in [-0.15, -0.1) is 0 Å². The van der Waals surface area contributed by atoms with E-state index in [0.29, 0.717) is 0 Å². The van der Waals surface area contributed by atoms with E-state index in [1.807, 2.05) is 18.2 Å². The molecule has 0 bridgehead atoms. The minimum absolute atomic E-state index is 0.755. The summed E-state index contributed by atoms with van der Waals surface area (Å²) in [7, 11) is 1.68. The molecule has 0 amide bonds. The van der Waals surface area contributed by atoms with Gasteiger partial charge in [0.1, 0.15) is 5.75 Å². The van der Waals surface area contributed by atoms with Gasteiger partial charge >= 0.3 is 0 Å². The van der Waals surface area contributed by atoms with Crippen molar-refractivity contribution >= 4 is 34.2 Å². The van der Waals surface area contributed by atoms with Gasteiger partial charge in [0, 0.05) is 17.1 Å². The van der Waals surface area contributed by atoms with Crippen LogP contribution in [0, 0.1) is 0 Å². The minimum Gasteiger partial charge on any atom is -0.496 e. The van der Waals surface area contributed by atoms with E-state index in [2.05, 4.69) is 27.9 Å². The van der Waals surface area contributed by atoms with Crippen molar-refractivity contribution in [1.29, 1.82) is 0 Å². The normalized spacial score (nSPS) is 10.4. The number of hydrogen-bond acceptors (Lipinski definition) is 2. The Hall–Kier alpha value is -0.000000000000000111. The maximum atomic E-state index is 5.95. The van der Waals surface area contributed by atoms with Crippen LogP contribution in [0.25, 0.3) is 0 Å². The van der Waals surface area contributed by atoms with Crippen molar-refractivity contribution < 1.29 is 4.74 Å². The fourth-order valence-electron chi connectivity index (χ4n) is 1.45. The first kappa shape index (κ1) is 14.1. The van der Waals surface area contributed by atoms with Crippen molar-refractivity contribution in [3.63, 3.8) is 0 Å². The molecule has 0 saturated heterocycles. The predicted octanol–water partition coefficient (Wildman–Crippen LogP) is 3.65. The number of alkyl halides is 1. The van der Waals surface area contributed by atoms with Gasteiger partial charge in [0.05, 0.1) is 7.11 Å². The number of nitrogens with one attached hydrogen (secondary N) is 1. The molecule has 0 radical (unpaired) electrons. The Kier molecular flexibility index (Phi) is 7.16.